The van der Waals surface area contributed by atoms with Crippen molar-refractivity contribution in [2.45, 2.75) is 0 Å². The minimum absolute atomic E-state index is 0. The van der Waals surface area contributed by atoms with Crippen LogP contribution in [0.25, 0.3) is 10.8 Å². The van der Waals surface area contributed by atoms with Gasteiger partial charge in [-0.2, -0.15) is 17.5 Å². The van der Waals surface area contributed by atoms with Gasteiger partial charge in [-0.3, -0.25) is 0 Å². The second kappa shape index (κ2) is 8.40. The molecule has 0 aliphatic carbocycles. The molecule has 4 heteroatoms. The van der Waals surface area contributed by atoms with Crippen molar-refractivity contribution in [1.82, 2.24) is 0 Å². The first-order valence-electron chi connectivity index (χ1n) is 3.25. The van der Waals surface area contributed by atoms with Crippen molar-refractivity contribution in [3.05, 3.63) is 42.5 Å². The molecule has 69 valence electrons. The van der Waals surface area contributed by atoms with E-state index in [0.29, 0.717) is 0 Å². The normalized spacial score (nSPS) is 7.54. The largest absolute Gasteiger partial charge is 0.168 e. The molecule has 1 nitrogen and oxygen atoms in total. The van der Waals surface area contributed by atoms with Gasteiger partial charge < -0.3 is 24.8 Å². The van der Waals surface area contributed by atoms with Crippen molar-refractivity contribution in [2.24, 2.45) is 0 Å². The Morgan fingerprint density at radius 2 is 1.62 bits per heavy atom. The zero-order chi connectivity index (χ0) is 8.10. The molecule has 0 spiro atoms. The first-order chi connectivity index (χ1) is 5.47. The first-order valence-corrected chi connectivity index (χ1v) is 3.82. The van der Waals surface area contributed by atoms with Gasteiger partial charge in [0.2, 0.25) is 0 Å². The monoisotopic (exact) mass is 252 g/mol. The molecule has 0 unspecified atom stereocenters. The van der Waals surface area contributed by atoms with E-state index < -0.39 is 0 Å². The Balaban J connectivity index is 0. The van der Waals surface area contributed by atoms with Crippen LogP contribution in [0.2, 0.25) is 0 Å². The second-order valence-electron chi connectivity index (χ2n) is 2.15. The minimum atomic E-state index is 0. The van der Waals surface area contributed by atoms with Crippen LogP contribution in [0.5, 0.6) is 0 Å². The molecule has 2 rings (SSSR count). The van der Waals surface area contributed by atoms with Gasteiger partial charge >= 0.3 is 21.0 Å². The molecule has 0 fully saturated rings. The van der Waals surface area contributed by atoms with Gasteiger partial charge in [0.15, 0.2) is 0 Å². The predicted molar refractivity (Wildman–Crippen MR) is 40.2 cm³/mol. The molecule has 0 atom stereocenters. The standard InChI is InChI=1S/C9H7.2ClH.O.V/c1-2-5-9-7-3-6-8(9)4-1;;;;/h1-7H;2*1H;;/q-1;;;;+2/p-2. The van der Waals surface area contributed by atoms with Gasteiger partial charge in [-0.1, -0.05) is 6.07 Å². The molecule has 0 radical (unpaired) electrons. The molecule has 0 amide bonds. The van der Waals surface area contributed by atoms with Crippen LogP contribution < -0.4 is 24.8 Å². The zero-order valence-electron chi connectivity index (χ0n) is 6.65. The Morgan fingerprint density at radius 1 is 1.00 bits per heavy atom. The van der Waals surface area contributed by atoms with E-state index in [9.17, 15) is 0 Å². The van der Waals surface area contributed by atoms with Crippen molar-refractivity contribution in [3.8, 4) is 0 Å². The van der Waals surface area contributed by atoms with E-state index in [1.807, 2.05) is 0 Å². The summed E-state index contributed by atoms with van der Waals surface area (Å²) in [6.07, 6.45) is 0. The summed E-state index contributed by atoms with van der Waals surface area (Å²) in [4.78, 5) is 0. The average molecular weight is 253 g/mol. The number of hydrogen-bond donors (Lipinski definition) is 0. The zero-order valence-corrected chi connectivity index (χ0v) is 9.56. The third-order valence-electron chi connectivity index (χ3n) is 1.55. The van der Waals surface area contributed by atoms with E-state index in [1.165, 1.54) is 10.8 Å². The molecular formula is C9H7Cl2OV-. The van der Waals surface area contributed by atoms with E-state index in [2.05, 4.69) is 42.5 Å². The number of fused-ring (bicyclic) bond motifs is 1. The summed E-state index contributed by atoms with van der Waals surface area (Å²) in [5.41, 5.74) is 0. The SMILES string of the molecule is [Cl-].[Cl-].[O]=[V+2].c1ccc2[cH-]ccc2c1. The van der Waals surface area contributed by atoms with Gasteiger partial charge in [-0.15, -0.1) is 29.7 Å². The minimum Gasteiger partial charge on any atom is -0.168 e. The molecule has 0 aromatic heterocycles. The third kappa shape index (κ3) is 4.01. The average Bonchev–Trinajstić information content (AvgIpc) is 2.55. The quantitative estimate of drug-likeness (QED) is 0.444. The Labute approximate surface area is 98.9 Å². The molecule has 0 aliphatic heterocycles. The van der Waals surface area contributed by atoms with Gasteiger partial charge in [0.25, 0.3) is 0 Å². The maximum absolute atomic E-state index is 8.19. The molecular weight excluding hydrogens is 246 g/mol. The fourth-order valence-electron chi connectivity index (χ4n) is 1.07. The third-order valence-corrected chi connectivity index (χ3v) is 1.55. The molecule has 13 heavy (non-hydrogen) atoms. The number of benzene rings is 1. The van der Waals surface area contributed by atoms with Crippen LogP contribution in [-0.2, 0) is 21.0 Å². The predicted octanol–water partition coefficient (Wildman–Crippen LogP) is -3.55. The van der Waals surface area contributed by atoms with E-state index in [4.69, 9.17) is 3.67 Å². The van der Waals surface area contributed by atoms with Crippen molar-refractivity contribution in [3.63, 3.8) is 0 Å². The maximum Gasteiger partial charge on any atom is -0.0809 e. The molecule has 0 heterocycles. The van der Waals surface area contributed by atoms with Gasteiger partial charge in [0.1, 0.15) is 0 Å². The Bertz CT molecular complexity index is 305. The van der Waals surface area contributed by atoms with Crippen LogP contribution in [0.4, 0.5) is 0 Å². The van der Waals surface area contributed by atoms with Gasteiger partial charge in [0, 0.05) is 0 Å². The molecule has 2 aromatic rings. The van der Waals surface area contributed by atoms with Crippen LogP contribution in [0, 0.1) is 0 Å². The fourth-order valence-corrected chi connectivity index (χ4v) is 1.07. The first kappa shape index (κ1) is 15.3. The molecule has 0 N–H and O–H groups in total. The summed E-state index contributed by atoms with van der Waals surface area (Å²) in [5, 5.41) is 2.66. The van der Waals surface area contributed by atoms with Crippen LogP contribution in [0.3, 0.4) is 0 Å². The summed E-state index contributed by atoms with van der Waals surface area (Å²) < 4.78 is 8.19. The maximum atomic E-state index is 8.19. The Hall–Kier alpha value is -0.206. The summed E-state index contributed by atoms with van der Waals surface area (Å²) in [7, 11) is 0. The summed E-state index contributed by atoms with van der Waals surface area (Å²) in [5.74, 6) is 0. The van der Waals surface area contributed by atoms with E-state index >= 15 is 0 Å². The number of hydrogen-bond acceptors (Lipinski definition) is 1. The smallest absolute Gasteiger partial charge is 0.0809 e. The Kier molecular flexibility index (Phi) is 9.86. The summed E-state index contributed by atoms with van der Waals surface area (Å²) in [6.45, 7) is 0. The van der Waals surface area contributed by atoms with Gasteiger partial charge in [0.05, 0.1) is 0 Å². The van der Waals surface area contributed by atoms with Crippen LogP contribution in [-0.4, -0.2) is 0 Å². The van der Waals surface area contributed by atoms with Gasteiger partial charge in [-0.25, -0.2) is 0 Å². The Morgan fingerprint density at radius 3 is 2.23 bits per heavy atom. The fraction of sp³-hybridized carbons (Fsp3) is 0. The van der Waals surface area contributed by atoms with Crippen LogP contribution in [0.1, 0.15) is 0 Å². The molecule has 0 bridgehead atoms. The molecule has 2 aromatic carbocycles. The van der Waals surface area contributed by atoms with Crippen molar-refractivity contribution < 1.29 is 45.9 Å². The van der Waals surface area contributed by atoms with Gasteiger partial charge in [-0.05, 0) is 0 Å². The molecule has 0 saturated carbocycles. The topological polar surface area (TPSA) is 17.1 Å². The number of rotatable bonds is 0. The van der Waals surface area contributed by atoms with E-state index in [-0.39, 0.29) is 24.8 Å². The summed E-state index contributed by atoms with van der Waals surface area (Å²) >= 11 is 1.06. The van der Waals surface area contributed by atoms with Crippen molar-refractivity contribution in [2.75, 3.05) is 0 Å². The van der Waals surface area contributed by atoms with E-state index in [0.717, 1.165) is 17.4 Å². The second-order valence-corrected chi connectivity index (χ2v) is 2.15. The van der Waals surface area contributed by atoms with Crippen LogP contribution >= 0.6 is 0 Å². The van der Waals surface area contributed by atoms with Crippen LogP contribution in [0.15, 0.2) is 42.5 Å². The van der Waals surface area contributed by atoms with Crippen molar-refractivity contribution in [1.29, 1.82) is 0 Å². The molecule has 0 saturated heterocycles. The molecule has 0 aliphatic rings. The van der Waals surface area contributed by atoms with E-state index in [1.54, 1.807) is 0 Å². The van der Waals surface area contributed by atoms with Crippen molar-refractivity contribution >= 4 is 10.8 Å². The number of halogens is 2. The summed E-state index contributed by atoms with van der Waals surface area (Å²) in [6, 6.07) is 14.7.